The number of rotatable bonds is 16. The second-order valence-corrected chi connectivity index (χ2v) is 18.9. The number of halogens is 2. The fraction of sp³-hybridized carbons (Fsp3) is 0.352. The minimum Gasteiger partial charge on any atom is -0.493 e. The van der Waals surface area contributed by atoms with Crippen LogP contribution in [0.2, 0.25) is 0 Å². The van der Waals surface area contributed by atoms with E-state index in [-0.39, 0.29) is 29.8 Å². The number of carbonyl (C=O) groups excluding carboxylic acids is 1. The summed E-state index contributed by atoms with van der Waals surface area (Å²) in [6.45, 7) is 11.1. The lowest BCUT2D eigenvalue weighted by Gasteiger charge is -2.37. The third kappa shape index (κ3) is 11.0. The number of carbonyl (C=O) groups is 1. The predicted octanol–water partition coefficient (Wildman–Crippen LogP) is 7.51. The highest BCUT2D eigenvalue weighted by Gasteiger charge is 2.45. The predicted molar refractivity (Wildman–Crippen MR) is 274 cm³/mol. The van der Waals surface area contributed by atoms with Crippen molar-refractivity contribution in [2.45, 2.75) is 51.0 Å². The molecule has 19 heteroatoms. The smallest absolute Gasteiger partial charge is 0.417 e. The largest absolute Gasteiger partial charge is 0.493 e. The molecule has 0 spiro atoms. The second kappa shape index (κ2) is 21.5. The molecule has 3 fully saturated rings. The Balaban J connectivity index is 0.643. The highest BCUT2D eigenvalue weighted by molar-refractivity contribution is 5.86. The average molecular weight is 996 g/mol. The average Bonchev–Trinajstić information content (AvgIpc) is 4.18. The summed E-state index contributed by atoms with van der Waals surface area (Å²) in [5, 5.41) is 21.4. The molecule has 0 radical (unpaired) electrons. The van der Waals surface area contributed by atoms with Gasteiger partial charge in [0, 0.05) is 98.3 Å². The Morgan fingerprint density at radius 2 is 1.30 bits per heavy atom. The Labute approximate surface area is 421 Å². The first-order valence-corrected chi connectivity index (χ1v) is 24.8. The van der Waals surface area contributed by atoms with Crippen molar-refractivity contribution >= 4 is 34.5 Å². The third-order valence-corrected chi connectivity index (χ3v) is 14.1. The number of aliphatic hydroxyl groups excluding tert-OH is 1. The van der Waals surface area contributed by atoms with Crippen LogP contribution in [-0.4, -0.2) is 112 Å². The summed E-state index contributed by atoms with van der Waals surface area (Å²) in [7, 11) is 0. The van der Waals surface area contributed by atoms with Crippen LogP contribution in [0, 0.1) is 17.6 Å². The molecule has 10 rings (SSSR count). The molecule has 0 bridgehead atoms. The molecule has 0 aliphatic carbocycles. The molecule has 17 nitrogen and oxygen atoms in total. The maximum Gasteiger partial charge on any atom is 0.417 e. The molecule has 5 aromatic carbocycles. The van der Waals surface area contributed by atoms with E-state index in [1.54, 1.807) is 17.9 Å². The number of nitrogens with zero attached hydrogens (tertiary/aromatic N) is 10. The highest BCUT2D eigenvalue weighted by Crippen LogP contribution is 2.42. The van der Waals surface area contributed by atoms with Crippen molar-refractivity contribution < 1.29 is 32.9 Å². The number of amides is 1. The van der Waals surface area contributed by atoms with E-state index >= 15 is 4.39 Å². The number of aliphatic hydroxyl groups is 1. The summed E-state index contributed by atoms with van der Waals surface area (Å²) < 4.78 is 51.4. The van der Waals surface area contributed by atoms with Gasteiger partial charge >= 0.3 is 11.8 Å². The van der Waals surface area contributed by atoms with Crippen molar-refractivity contribution in [3.63, 3.8) is 0 Å². The molecule has 4 atom stereocenters. The number of aromatic nitrogens is 6. The van der Waals surface area contributed by atoms with Crippen LogP contribution in [0.4, 0.5) is 42.0 Å². The summed E-state index contributed by atoms with van der Waals surface area (Å²) in [6.07, 6.45) is 4.29. The third-order valence-electron chi connectivity index (χ3n) is 14.1. The molecule has 73 heavy (non-hydrogen) atoms. The summed E-state index contributed by atoms with van der Waals surface area (Å²) in [4.78, 5) is 39.3. The minimum absolute atomic E-state index is 0.0264. The van der Waals surface area contributed by atoms with E-state index < -0.39 is 29.4 Å². The molecule has 7 aromatic rings. The molecule has 2 N–H and O–H groups in total. The summed E-state index contributed by atoms with van der Waals surface area (Å²) in [5.74, 6) is -0.151. The zero-order valence-corrected chi connectivity index (χ0v) is 40.8. The molecular weight excluding hydrogens is 937 g/mol. The van der Waals surface area contributed by atoms with Gasteiger partial charge in [-0.3, -0.25) is 5.32 Å². The van der Waals surface area contributed by atoms with Gasteiger partial charge in [0.2, 0.25) is 0 Å². The van der Waals surface area contributed by atoms with E-state index in [4.69, 9.17) is 14.2 Å². The number of anilines is 5. The maximum absolute atomic E-state index is 15.1. The van der Waals surface area contributed by atoms with E-state index in [1.165, 1.54) is 34.0 Å². The molecule has 0 saturated carbocycles. The van der Waals surface area contributed by atoms with Gasteiger partial charge in [0.25, 0.3) is 0 Å². The van der Waals surface area contributed by atoms with E-state index in [9.17, 15) is 19.1 Å². The fourth-order valence-corrected chi connectivity index (χ4v) is 10.2. The van der Waals surface area contributed by atoms with Crippen LogP contribution in [0.25, 0.3) is 5.69 Å². The molecule has 380 valence electrons. The van der Waals surface area contributed by atoms with Gasteiger partial charge in [0.15, 0.2) is 0 Å². The highest BCUT2D eigenvalue weighted by atomic mass is 19.1. The molecule has 3 aliphatic heterocycles. The Morgan fingerprint density at radius 3 is 1.84 bits per heavy atom. The number of piperazine rings is 2. The van der Waals surface area contributed by atoms with Crippen molar-refractivity contribution in [2.24, 2.45) is 5.92 Å². The monoisotopic (exact) mass is 995 g/mol. The number of ether oxygens (including phenoxy) is 3. The number of nitrogens with one attached hydrogen (secondary N) is 1. The Morgan fingerprint density at radius 1 is 0.753 bits per heavy atom. The van der Waals surface area contributed by atoms with Crippen molar-refractivity contribution in [2.75, 3.05) is 90.5 Å². The van der Waals surface area contributed by atoms with Crippen LogP contribution in [-0.2, 0) is 16.9 Å². The van der Waals surface area contributed by atoms with Crippen molar-refractivity contribution in [1.82, 2.24) is 29.1 Å². The molecule has 3 aliphatic rings. The Kier molecular flexibility index (Phi) is 14.4. The van der Waals surface area contributed by atoms with Crippen molar-refractivity contribution in [3.05, 3.63) is 162 Å². The topological polar surface area (TPSA) is 161 Å². The van der Waals surface area contributed by atoms with Crippen LogP contribution < -0.4 is 40.1 Å². The first kappa shape index (κ1) is 48.8. The quantitative estimate of drug-likeness (QED) is 0.0981. The van der Waals surface area contributed by atoms with Gasteiger partial charge in [-0.25, -0.2) is 37.3 Å². The second-order valence-electron chi connectivity index (χ2n) is 18.9. The van der Waals surface area contributed by atoms with Crippen LogP contribution in [0.1, 0.15) is 38.3 Å². The SMILES string of the molecule is CC[C@@H]([C@H](C)O)n1ncn(-c2ccc(N3CCN(c4ccc(OC(=O)Nc5ccc(N6CCN(c7ccc(OC[C@@H]8CO[C@@](Cn9cncn9)(c9ccc(F)cc9F)C8)cc7)CC6)cc5)cc4)CC3)cc2)c1=O. The normalized spacial score (nSPS) is 18.9. The van der Waals surface area contributed by atoms with Gasteiger partial charge in [-0.15, -0.1) is 0 Å². The van der Waals surface area contributed by atoms with Gasteiger partial charge in [-0.1, -0.05) is 13.0 Å². The number of hydrogen-bond acceptors (Lipinski definition) is 13. The molecular formula is C54H59F2N11O6. The van der Waals surface area contributed by atoms with Crippen molar-refractivity contribution in [1.29, 1.82) is 0 Å². The maximum atomic E-state index is 15.1. The van der Waals surface area contributed by atoms with E-state index in [0.29, 0.717) is 37.5 Å². The Hall–Kier alpha value is -7.77. The summed E-state index contributed by atoms with van der Waals surface area (Å²) in [5.41, 5.74) is 4.61. The first-order valence-electron chi connectivity index (χ1n) is 24.8. The summed E-state index contributed by atoms with van der Waals surface area (Å²) in [6, 6.07) is 34.5. The molecule has 1 amide bonds. The van der Waals surface area contributed by atoms with Gasteiger partial charge in [0.05, 0.1) is 37.6 Å². The van der Waals surface area contributed by atoms with Crippen LogP contribution in [0.3, 0.4) is 0 Å². The minimum atomic E-state index is -1.03. The molecule has 5 heterocycles. The van der Waals surface area contributed by atoms with Gasteiger partial charge in [-0.2, -0.15) is 10.2 Å². The van der Waals surface area contributed by atoms with Crippen LogP contribution >= 0.6 is 0 Å². The lowest BCUT2D eigenvalue weighted by Crippen LogP contribution is -2.46. The lowest BCUT2D eigenvalue weighted by molar-refractivity contribution is -0.0206. The van der Waals surface area contributed by atoms with Gasteiger partial charge in [0.1, 0.15) is 47.7 Å². The van der Waals surface area contributed by atoms with Gasteiger partial charge in [-0.05, 0) is 123 Å². The van der Waals surface area contributed by atoms with E-state index in [2.05, 4.69) is 52.2 Å². The molecule has 0 unspecified atom stereocenters. The van der Waals surface area contributed by atoms with Gasteiger partial charge < -0.3 is 38.9 Å². The lowest BCUT2D eigenvalue weighted by atomic mass is 9.87. The summed E-state index contributed by atoms with van der Waals surface area (Å²) >= 11 is 0. The number of benzene rings is 5. The van der Waals surface area contributed by atoms with Crippen LogP contribution in [0.5, 0.6) is 11.5 Å². The van der Waals surface area contributed by atoms with E-state index in [1.807, 2.05) is 91.9 Å². The zero-order chi connectivity index (χ0) is 50.5. The fourth-order valence-electron chi connectivity index (χ4n) is 10.2. The standard InChI is InChI=1S/C54H59F2N11O6/c1-3-51(38(2)68)67-53(70)66(37-59-67)46-11-9-43(10-12-46)62-24-28-64(29-25-62)45-15-19-48(20-16-45)73-52(69)60-41-5-7-42(8-6-41)61-22-26-63(27-23-61)44-13-17-47(18-14-44)71-32-39-31-54(72-33-39,34-65-36-57-35-58-65)49-21-4-40(55)30-50(49)56/h4-21,30,35-39,51,68H,3,22-29,31-34H2,1-2H3,(H,60,69)/t38-,39+,51-,54-/m0/s1. The number of hydrogen-bond donors (Lipinski definition) is 2. The molecule has 2 aromatic heterocycles. The zero-order valence-electron chi connectivity index (χ0n) is 40.8. The van der Waals surface area contributed by atoms with E-state index in [0.717, 1.165) is 92.6 Å². The van der Waals surface area contributed by atoms with Crippen molar-refractivity contribution in [3.8, 4) is 17.2 Å². The first-order chi connectivity index (χ1) is 35.5. The van der Waals surface area contributed by atoms with Crippen LogP contribution in [0.15, 0.2) is 139 Å². The molecule has 3 saturated heterocycles. The Bertz CT molecular complexity index is 2990.